The minimum absolute atomic E-state index is 0.260. The third-order valence-electron chi connectivity index (χ3n) is 5.74. The molecule has 0 atom stereocenters. The summed E-state index contributed by atoms with van der Waals surface area (Å²) in [6.07, 6.45) is 1.67. The monoisotopic (exact) mass is 519 g/mol. The highest BCUT2D eigenvalue weighted by atomic mass is 32.2. The summed E-state index contributed by atoms with van der Waals surface area (Å²) in [5.74, 6) is 1.05. The number of hydrogen-bond acceptors (Lipinski definition) is 8. The number of nitrogens with one attached hydrogen (secondary N) is 2. The van der Waals surface area contributed by atoms with Crippen molar-refractivity contribution < 1.29 is 12.9 Å². The molecule has 0 aliphatic rings. The molecule has 0 spiro atoms. The van der Waals surface area contributed by atoms with Crippen molar-refractivity contribution >= 4 is 15.7 Å². The first-order valence-corrected chi connectivity index (χ1v) is 13.7. The van der Waals surface area contributed by atoms with E-state index in [1.165, 1.54) is 5.56 Å². The van der Waals surface area contributed by atoms with E-state index in [1.807, 2.05) is 46.0 Å². The first-order valence-electron chi connectivity index (χ1n) is 12.2. The zero-order valence-corrected chi connectivity index (χ0v) is 22.8. The zero-order valence-electron chi connectivity index (χ0n) is 22.0. The van der Waals surface area contributed by atoms with Crippen LogP contribution in [-0.4, -0.2) is 41.4 Å². The van der Waals surface area contributed by atoms with Crippen LogP contribution in [0.2, 0.25) is 0 Å². The highest BCUT2D eigenvalue weighted by Crippen LogP contribution is 2.32. The van der Waals surface area contributed by atoms with Gasteiger partial charge in [0.25, 0.3) is 0 Å². The molecule has 2 aromatic heterocycles. The van der Waals surface area contributed by atoms with Crippen LogP contribution in [0.25, 0.3) is 34.0 Å². The van der Waals surface area contributed by atoms with Crippen molar-refractivity contribution in [2.75, 3.05) is 12.4 Å². The van der Waals surface area contributed by atoms with Gasteiger partial charge in [-0.25, -0.2) is 18.4 Å². The second-order valence-electron chi connectivity index (χ2n) is 10.2. The van der Waals surface area contributed by atoms with Gasteiger partial charge < -0.3 is 15.2 Å². The molecule has 37 heavy (non-hydrogen) atoms. The predicted molar refractivity (Wildman–Crippen MR) is 147 cm³/mol. The Hall–Kier alpha value is -3.56. The number of nitrogens with zero attached hydrogens (tertiary/aromatic N) is 3. The van der Waals surface area contributed by atoms with Gasteiger partial charge in [-0.05, 0) is 59.4 Å². The Bertz CT molecular complexity index is 1470. The summed E-state index contributed by atoms with van der Waals surface area (Å²) in [5, 5.41) is 10.3. The number of hydrogen-bond donors (Lipinski definition) is 2. The Morgan fingerprint density at radius 1 is 0.946 bits per heavy atom. The van der Waals surface area contributed by atoms with Crippen molar-refractivity contribution in [3.63, 3.8) is 0 Å². The standard InChI is InChI=1S/C28H33N5O3S/c1-18(2)37(34,35)22-13-11-21(12-14-22)24-17-30-27(32-28(3,4)5)26(31-24)25-15-23(33-36-25)20-9-7-19(8-10-20)16-29-6/h7-15,17-18,29H,16H2,1-6H3,(H,30,32). The summed E-state index contributed by atoms with van der Waals surface area (Å²) < 4.78 is 30.8. The van der Waals surface area contributed by atoms with Crippen molar-refractivity contribution in [1.82, 2.24) is 20.4 Å². The Morgan fingerprint density at radius 2 is 1.57 bits per heavy atom. The van der Waals surface area contributed by atoms with Crippen molar-refractivity contribution in [3.05, 3.63) is 66.4 Å². The van der Waals surface area contributed by atoms with Gasteiger partial charge in [-0.2, -0.15) is 0 Å². The van der Waals surface area contributed by atoms with Gasteiger partial charge in [0, 0.05) is 29.3 Å². The number of anilines is 1. The van der Waals surface area contributed by atoms with Crippen LogP contribution < -0.4 is 10.6 Å². The third kappa shape index (κ3) is 6.06. The van der Waals surface area contributed by atoms with Gasteiger partial charge in [-0.3, -0.25) is 0 Å². The van der Waals surface area contributed by atoms with E-state index >= 15 is 0 Å². The molecule has 0 amide bonds. The lowest BCUT2D eigenvalue weighted by atomic mass is 10.1. The molecule has 0 aliphatic heterocycles. The van der Waals surface area contributed by atoms with E-state index < -0.39 is 15.1 Å². The van der Waals surface area contributed by atoms with E-state index in [1.54, 1.807) is 44.3 Å². The molecule has 2 heterocycles. The first kappa shape index (κ1) is 26.5. The quantitative estimate of drug-likeness (QED) is 0.311. The number of aromatic nitrogens is 3. The van der Waals surface area contributed by atoms with Crippen LogP contribution >= 0.6 is 0 Å². The molecule has 4 rings (SSSR count). The van der Waals surface area contributed by atoms with E-state index in [0.717, 1.165) is 17.7 Å². The summed E-state index contributed by atoms with van der Waals surface area (Å²) in [6.45, 7) is 10.3. The number of rotatable bonds is 8. The van der Waals surface area contributed by atoms with Gasteiger partial charge >= 0.3 is 0 Å². The fourth-order valence-corrected chi connectivity index (χ4v) is 4.81. The Morgan fingerprint density at radius 3 is 2.16 bits per heavy atom. The molecule has 0 radical (unpaired) electrons. The van der Waals surface area contributed by atoms with Crippen LogP contribution in [0.5, 0.6) is 0 Å². The second kappa shape index (κ2) is 10.4. The lowest BCUT2D eigenvalue weighted by Crippen LogP contribution is -2.27. The van der Waals surface area contributed by atoms with Gasteiger partial charge in [-0.15, -0.1) is 0 Å². The maximum absolute atomic E-state index is 12.5. The van der Waals surface area contributed by atoms with E-state index in [4.69, 9.17) is 9.51 Å². The SMILES string of the molecule is CNCc1ccc(-c2cc(-c3nc(-c4ccc(S(=O)(=O)C(C)C)cc4)cnc3NC(C)(C)C)on2)cc1. The molecule has 2 aromatic carbocycles. The maximum Gasteiger partial charge on any atom is 0.189 e. The van der Waals surface area contributed by atoms with Crippen LogP contribution in [0.4, 0.5) is 5.82 Å². The number of sulfone groups is 1. The molecular weight excluding hydrogens is 486 g/mol. The van der Waals surface area contributed by atoms with Gasteiger partial charge in [0.1, 0.15) is 5.69 Å². The summed E-state index contributed by atoms with van der Waals surface area (Å²) in [4.78, 5) is 9.78. The molecule has 0 saturated heterocycles. The smallest absolute Gasteiger partial charge is 0.189 e. The molecule has 9 heteroatoms. The lowest BCUT2D eigenvalue weighted by molar-refractivity contribution is 0.433. The molecule has 0 aliphatic carbocycles. The average Bonchev–Trinajstić information content (AvgIpc) is 3.34. The van der Waals surface area contributed by atoms with E-state index in [9.17, 15) is 8.42 Å². The molecule has 0 saturated carbocycles. The Kier molecular flexibility index (Phi) is 7.47. The average molecular weight is 520 g/mol. The minimum atomic E-state index is -3.36. The van der Waals surface area contributed by atoms with E-state index in [2.05, 4.69) is 32.9 Å². The van der Waals surface area contributed by atoms with Crippen molar-refractivity contribution in [3.8, 4) is 34.0 Å². The van der Waals surface area contributed by atoms with Crippen LogP contribution in [0, 0.1) is 0 Å². The van der Waals surface area contributed by atoms with Crippen LogP contribution in [-0.2, 0) is 16.4 Å². The molecule has 194 valence electrons. The fourth-order valence-electron chi connectivity index (χ4n) is 3.75. The second-order valence-corrected chi connectivity index (χ2v) is 12.8. The molecule has 2 N–H and O–H groups in total. The normalized spacial score (nSPS) is 12.2. The number of benzene rings is 2. The highest BCUT2D eigenvalue weighted by Gasteiger charge is 2.22. The third-order valence-corrected chi connectivity index (χ3v) is 7.91. The Labute approximate surface area is 218 Å². The predicted octanol–water partition coefficient (Wildman–Crippen LogP) is 5.58. The summed E-state index contributed by atoms with van der Waals surface area (Å²) in [7, 11) is -1.44. The molecular formula is C28H33N5O3S. The molecule has 8 nitrogen and oxygen atoms in total. The van der Waals surface area contributed by atoms with Gasteiger partial charge in [0.05, 0.1) is 22.0 Å². The molecule has 0 fully saturated rings. The topological polar surface area (TPSA) is 110 Å². The van der Waals surface area contributed by atoms with Gasteiger partial charge in [0.2, 0.25) is 0 Å². The molecule has 0 bridgehead atoms. The molecule has 4 aromatic rings. The van der Waals surface area contributed by atoms with E-state index in [-0.39, 0.29) is 10.4 Å². The highest BCUT2D eigenvalue weighted by molar-refractivity contribution is 7.92. The first-order chi connectivity index (χ1) is 17.5. The van der Waals surface area contributed by atoms with Crippen LogP contribution in [0.15, 0.2) is 70.2 Å². The van der Waals surface area contributed by atoms with Crippen molar-refractivity contribution in [2.45, 2.75) is 56.8 Å². The lowest BCUT2D eigenvalue weighted by Gasteiger charge is -2.22. The van der Waals surface area contributed by atoms with Gasteiger partial charge in [0.15, 0.2) is 27.1 Å². The van der Waals surface area contributed by atoms with Crippen LogP contribution in [0.3, 0.4) is 0 Å². The van der Waals surface area contributed by atoms with Crippen molar-refractivity contribution in [2.24, 2.45) is 0 Å². The largest absolute Gasteiger partial charge is 0.364 e. The van der Waals surface area contributed by atoms with Gasteiger partial charge in [-0.1, -0.05) is 41.6 Å². The maximum atomic E-state index is 12.5. The van der Waals surface area contributed by atoms with Crippen molar-refractivity contribution in [1.29, 1.82) is 0 Å². The summed E-state index contributed by atoms with van der Waals surface area (Å²) in [5.41, 5.74) is 4.42. The molecule has 0 unspecified atom stereocenters. The van der Waals surface area contributed by atoms with Crippen LogP contribution in [0.1, 0.15) is 40.2 Å². The minimum Gasteiger partial charge on any atom is -0.364 e. The van der Waals surface area contributed by atoms with E-state index in [0.29, 0.717) is 28.7 Å². The zero-order chi connectivity index (χ0) is 26.8. The summed E-state index contributed by atoms with van der Waals surface area (Å²) in [6, 6.07) is 16.7. The summed E-state index contributed by atoms with van der Waals surface area (Å²) >= 11 is 0. The Balaban J connectivity index is 1.72. The fraction of sp³-hybridized carbons (Fsp3) is 0.321.